The summed E-state index contributed by atoms with van der Waals surface area (Å²) in [5, 5.41) is 4.29. The number of hydrogen-bond acceptors (Lipinski definition) is 6. The van der Waals surface area contributed by atoms with Crippen LogP contribution in [0.1, 0.15) is 32.1 Å². The van der Waals surface area contributed by atoms with Crippen molar-refractivity contribution in [2.45, 2.75) is 38.6 Å². The zero-order chi connectivity index (χ0) is 23.5. The Morgan fingerprint density at radius 2 is 1.76 bits per heavy atom. The largest absolute Gasteiger partial charge is 0.497 e. The molecule has 176 valence electrons. The van der Waals surface area contributed by atoms with Gasteiger partial charge < -0.3 is 14.0 Å². The van der Waals surface area contributed by atoms with Gasteiger partial charge in [0.05, 0.1) is 38.0 Å². The van der Waals surface area contributed by atoms with Crippen LogP contribution in [0.2, 0.25) is 0 Å². The van der Waals surface area contributed by atoms with E-state index in [1.54, 1.807) is 18.9 Å². The van der Waals surface area contributed by atoms with E-state index in [0.29, 0.717) is 17.4 Å². The molecule has 4 aromatic rings. The standard InChI is InChI=1S/C26H30N6O2/c1-31-17-19(14-28-31)24-15-27-23-9-10-25(29-20-11-21(33-2)13-22(12-20)34-3)32(26(23)30-24)16-18-7-5-4-6-8-18/h9-15,17-18H,4-8,16H2,1-3H3. The number of ether oxygens (including phenoxy) is 2. The van der Waals surface area contributed by atoms with Gasteiger partial charge in [-0.05, 0) is 30.9 Å². The molecule has 0 atom stereocenters. The van der Waals surface area contributed by atoms with Crippen molar-refractivity contribution in [3.63, 3.8) is 0 Å². The topological polar surface area (TPSA) is 79.4 Å². The average molecular weight is 459 g/mol. The minimum atomic E-state index is 0.599. The summed E-state index contributed by atoms with van der Waals surface area (Å²) in [5.41, 5.74) is 5.04. The average Bonchev–Trinajstić information content (AvgIpc) is 3.31. The van der Waals surface area contributed by atoms with Crippen molar-refractivity contribution < 1.29 is 9.47 Å². The fourth-order valence-corrected chi connectivity index (χ4v) is 4.64. The van der Waals surface area contributed by atoms with Crippen LogP contribution in [0.5, 0.6) is 11.5 Å². The molecule has 1 fully saturated rings. The molecule has 0 spiro atoms. The summed E-state index contributed by atoms with van der Waals surface area (Å²) in [6.45, 7) is 0.864. The third-order valence-corrected chi connectivity index (χ3v) is 6.45. The molecule has 34 heavy (non-hydrogen) atoms. The fourth-order valence-electron chi connectivity index (χ4n) is 4.64. The molecular weight excluding hydrogens is 428 g/mol. The molecule has 0 aliphatic heterocycles. The number of hydrogen-bond donors (Lipinski definition) is 0. The lowest BCUT2D eigenvalue weighted by atomic mass is 9.89. The van der Waals surface area contributed by atoms with Crippen molar-refractivity contribution in [1.29, 1.82) is 0 Å². The van der Waals surface area contributed by atoms with Gasteiger partial charge in [-0.15, -0.1) is 0 Å². The van der Waals surface area contributed by atoms with Crippen LogP contribution in [0.15, 0.2) is 53.9 Å². The van der Waals surface area contributed by atoms with E-state index in [0.717, 1.165) is 40.1 Å². The van der Waals surface area contributed by atoms with Crippen LogP contribution >= 0.6 is 0 Å². The van der Waals surface area contributed by atoms with Crippen molar-refractivity contribution in [3.05, 3.63) is 54.4 Å². The summed E-state index contributed by atoms with van der Waals surface area (Å²) in [5.74, 6) is 2.01. The van der Waals surface area contributed by atoms with Gasteiger partial charge in [0, 0.05) is 43.6 Å². The zero-order valence-corrected chi connectivity index (χ0v) is 19.9. The summed E-state index contributed by atoms with van der Waals surface area (Å²) in [6.07, 6.45) is 11.9. The number of pyridine rings is 1. The van der Waals surface area contributed by atoms with Gasteiger partial charge in [0.2, 0.25) is 0 Å². The number of aromatic nitrogens is 5. The summed E-state index contributed by atoms with van der Waals surface area (Å²) in [4.78, 5) is 14.8. The third-order valence-electron chi connectivity index (χ3n) is 6.45. The van der Waals surface area contributed by atoms with Crippen LogP contribution in [0.3, 0.4) is 0 Å². The molecular formula is C26H30N6O2. The van der Waals surface area contributed by atoms with Crippen molar-refractivity contribution in [2.24, 2.45) is 18.0 Å². The molecule has 8 heteroatoms. The number of methoxy groups -OCH3 is 2. The molecule has 0 amide bonds. The molecule has 0 bridgehead atoms. The van der Waals surface area contributed by atoms with Crippen molar-refractivity contribution in [3.8, 4) is 22.8 Å². The number of benzene rings is 1. The zero-order valence-electron chi connectivity index (χ0n) is 19.9. The number of fused-ring (bicyclic) bond motifs is 1. The maximum Gasteiger partial charge on any atom is 0.160 e. The third kappa shape index (κ3) is 4.66. The van der Waals surface area contributed by atoms with E-state index in [1.165, 1.54) is 32.1 Å². The van der Waals surface area contributed by atoms with E-state index in [4.69, 9.17) is 24.4 Å². The lowest BCUT2D eigenvalue weighted by molar-refractivity contribution is 0.318. The molecule has 0 unspecified atom stereocenters. The molecule has 1 saturated carbocycles. The highest BCUT2D eigenvalue weighted by Gasteiger charge is 2.17. The lowest BCUT2D eigenvalue weighted by Gasteiger charge is -2.23. The monoisotopic (exact) mass is 458 g/mol. The number of aryl methyl sites for hydroxylation is 1. The molecule has 5 rings (SSSR count). The molecule has 1 aliphatic carbocycles. The van der Waals surface area contributed by atoms with E-state index >= 15 is 0 Å². The highest BCUT2D eigenvalue weighted by molar-refractivity contribution is 5.73. The van der Waals surface area contributed by atoms with Gasteiger partial charge in [0.1, 0.15) is 22.5 Å². The molecule has 0 saturated heterocycles. The second kappa shape index (κ2) is 9.67. The molecule has 8 nitrogen and oxygen atoms in total. The smallest absolute Gasteiger partial charge is 0.160 e. The first-order valence-corrected chi connectivity index (χ1v) is 11.8. The molecule has 3 heterocycles. The molecule has 3 aromatic heterocycles. The lowest BCUT2D eigenvalue weighted by Crippen LogP contribution is -2.26. The van der Waals surface area contributed by atoms with Gasteiger partial charge in [-0.1, -0.05) is 19.3 Å². The Hall–Kier alpha value is -3.68. The minimum absolute atomic E-state index is 0.599. The number of rotatable bonds is 6. The minimum Gasteiger partial charge on any atom is -0.497 e. The molecule has 1 aliphatic rings. The van der Waals surface area contributed by atoms with Crippen LogP contribution in [-0.4, -0.2) is 38.5 Å². The summed E-state index contributed by atoms with van der Waals surface area (Å²) in [6, 6.07) is 9.68. The molecule has 0 N–H and O–H groups in total. The van der Waals surface area contributed by atoms with Gasteiger partial charge in [0.15, 0.2) is 5.65 Å². The van der Waals surface area contributed by atoms with Gasteiger partial charge in [0.25, 0.3) is 0 Å². The Bertz CT molecular complexity index is 1350. The molecule has 1 aromatic carbocycles. The van der Waals surface area contributed by atoms with Crippen LogP contribution in [-0.2, 0) is 13.6 Å². The van der Waals surface area contributed by atoms with Crippen molar-refractivity contribution in [2.75, 3.05) is 14.2 Å². The first kappa shape index (κ1) is 22.1. The van der Waals surface area contributed by atoms with Crippen LogP contribution in [0.25, 0.3) is 22.4 Å². The van der Waals surface area contributed by atoms with Crippen molar-refractivity contribution >= 4 is 16.9 Å². The van der Waals surface area contributed by atoms with E-state index in [2.05, 4.69) is 9.67 Å². The molecule has 0 radical (unpaired) electrons. The van der Waals surface area contributed by atoms with Gasteiger partial charge >= 0.3 is 0 Å². The summed E-state index contributed by atoms with van der Waals surface area (Å²) < 4.78 is 14.9. The highest BCUT2D eigenvalue weighted by Crippen LogP contribution is 2.28. The maximum atomic E-state index is 5.45. The van der Waals surface area contributed by atoms with Gasteiger partial charge in [-0.3, -0.25) is 9.67 Å². The van der Waals surface area contributed by atoms with E-state index in [1.807, 2.05) is 56.0 Å². The van der Waals surface area contributed by atoms with Crippen LogP contribution < -0.4 is 15.0 Å². The van der Waals surface area contributed by atoms with E-state index in [-0.39, 0.29) is 0 Å². The first-order chi connectivity index (χ1) is 16.6. The Morgan fingerprint density at radius 1 is 1.00 bits per heavy atom. The van der Waals surface area contributed by atoms with Crippen molar-refractivity contribution in [1.82, 2.24) is 24.3 Å². The quantitative estimate of drug-likeness (QED) is 0.420. The van der Waals surface area contributed by atoms with Crippen LogP contribution in [0.4, 0.5) is 5.69 Å². The SMILES string of the molecule is COc1cc(N=c2ccc3ncc(-c4cnn(C)c4)nc3n2CC2CCCCC2)cc(OC)c1. The van der Waals surface area contributed by atoms with Gasteiger partial charge in [-0.25, -0.2) is 9.98 Å². The predicted molar refractivity (Wildman–Crippen MR) is 131 cm³/mol. The fraction of sp³-hybridized carbons (Fsp3) is 0.385. The first-order valence-electron chi connectivity index (χ1n) is 11.8. The Kier molecular flexibility index (Phi) is 6.29. The van der Waals surface area contributed by atoms with Gasteiger partial charge in [-0.2, -0.15) is 5.10 Å². The highest BCUT2D eigenvalue weighted by atomic mass is 16.5. The predicted octanol–water partition coefficient (Wildman–Crippen LogP) is 4.66. The second-order valence-corrected chi connectivity index (χ2v) is 8.86. The Labute approximate surface area is 198 Å². The van der Waals surface area contributed by atoms with E-state index < -0.39 is 0 Å². The normalized spacial score (nSPS) is 15.1. The van der Waals surface area contributed by atoms with E-state index in [9.17, 15) is 0 Å². The number of nitrogens with zero attached hydrogens (tertiary/aromatic N) is 6. The van der Waals surface area contributed by atoms with Crippen LogP contribution in [0, 0.1) is 5.92 Å². The Balaban J connectivity index is 1.68. The summed E-state index contributed by atoms with van der Waals surface area (Å²) >= 11 is 0. The Morgan fingerprint density at radius 3 is 2.44 bits per heavy atom. The second-order valence-electron chi connectivity index (χ2n) is 8.86. The summed E-state index contributed by atoms with van der Waals surface area (Å²) in [7, 11) is 5.20. The maximum absolute atomic E-state index is 5.45.